The molecule has 2 aromatic rings. The fourth-order valence-corrected chi connectivity index (χ4v) is 4.68. The van der Waals surface area contributed by atoms with Crippen molar-refractivity contribution in [1.29, 1.82) is 0 Å². The summed E-state index contributed by atoms with van der Waals surface area (Å²) >= 11 is 0. The molecular formula is C20H27NO3S. The van der Waals surface area contributed by atoms with Crippen molar-refractivity contribution >= 4 is 15.7 Å². The molecule has 0 aliphatic rings. The molecule has 0 amide bonds. The second-order valence-electron chi connectivity index (χ2n) is 7.38. The Balaban J connectivity index is 2.58. The van der Waals surface area contributed by atoms with Crippen LogP contribution < -0.4 is 9.46 Å². The summed E-state index contributed by atoms with van der Waals surface area (Å²) in [5.41, 5.74) is 3.61. The van der Waals surface area contributed by atoms with Crippen molar-refractivity contribution in [3.8, 4) is 5.75 Å². The molecule has 0 aliphatic heterocycles. The number of ether oxygens (including phenoxy) is 1. The van der Waals surface area contributed by atoms with Crippen LogP contribution in [0.1, 0.15) is 43.0 Å². The zero-order valence-electron chi connectivity index (χ0n) is 16.0. The van der Waals surface area contributed by atoms with Crippen LogP contribution in [-0.2, 0) is 15.4 Å². The van der Waals surface area contributed by atoms with Gasteiger partial charge in [-0.1, -0.05) is 39.0 Å². The summed E-state index contributed by atoms with van der Waals surface area (Å²) < 4.78 is 34.4. The van der Waals surface area contributed by atoms with Crippen LogP contribution in [0.5, 0.6) is 5.75 Å². The smallest absolute Gasteiger partial charge is 0.262 e. The van der Waals surface area contributed by atoms with Crippen molar-refractivity contribution in [2.45, 2.75) is 51.9 Å². The zero-order valence-corrected chi connectivity index (χ0v) is 16.8. The van der Waals surface area contributed by atoms with E-state index in [4.69, 9.17) is 4.74 Å². The number of benzene rings is 2. The lowest BCUT2D eigenvalue weighted by Gasteiger charge is -2.24. The number of aryl methyl sites for hydroxylation is 1. The summed E-state index contributed by atoms with van der Waals surface area (Å²) in [5, 5.41) is 0. The van der Waals surface area contributed by atoms with Crippen LogP contribution in [0.4, 0.5) is 5.69 Å². The Bertz CT molecular complexity index is 894. The molecule has 2 rings (SSSR count). The lowest BCUT2D eigenvalue weighted by molar-refractivity contribution is 0.410. The molecule has 0 aliphatic carbocycles. The van der Waals surface area contributed by atoms with E-state index in [2.05, 4.69) is 25.5 Å². The van der Waals surface area contributed by atoms with E-state index in [0.717, 1.165) is 11.1 Å². The molecule has 0 aromatic heterocycles. The van der Waals surface area contributed by atoms with Crippen LogP contribution in [0.25, 0.3) is 0 Å². The van der Waals surface area contributed by atoms with Crippen LogP contribution in [0.15, 0.2) is 35.2 Å². The van der Waals surface area contributed by atoms with Crippen molar-refractivity contribution in [3.63, 3.8) is 0 Å². The molecule has 0 fully saturated rings. The third kappa shape index (κ3) is 3.82. The Kier molecular flexibility index (Phi) is 5.19. The standard InChI is InChI=1S/C20H27NO3S/c1-13-12-18(24-7)14(2)15(3)19(13)25(22,23)21-17-11-9-8-10-16(17)20(4,5)6/h8-12,21H,1-7H3. The SMILES string of the molecule is COc1cc(C)c(S(=O)(=O)Nc2ccccc2C(C)(C)C)c(C)c1C. The first kappa shape index (κ1) is 19.3. The third-order valence-electron chi connectivity index (χ3n) is 4.45. The second kappa shape index (κ2) is 6.71. The second-order valence-corrected chi connectivity index (χ2v) is 9.00. The van der Waals surface area contributed by atoms with Gasteiger partial charge in [-0.15, -0.1) is 0 Å². The van der Waals surface area contributed by atoms with Gasteiger partial charge in [0.25, 0.3) is 10.0 Å². The minimum absolute atomic E-state index is 0.168. The van der Waals surface area contributed by atoms with Gasteiger partial charge < -0.3 is 4.74 Å². The maximum atomic E-state index is 13.1. The minimum atomic E-state index is -3.71. The Morgan fingerprint density at radius 3 is 2.16 bits per heavy atom. The fourth-order valence-electron chi connectivity index (χ4n) is 3.07. The van der Waals surface area contributed by atoms with Crippen molar-refractivity contribution < 1.29 is 13.2 Å². The van der Waals surface area contributed by atoms with Crippen molar-refractivity contribution in [3.05, 3.63) is 52.6 Å². The van der Waals surface area contributed by atoms with Crippen LogP contribution in [-0.4, -0.2) is 15.5 Å². The predicted octanol–water partition coefficient (Wildman–Crippen LogP) is 4.72. The van der Waals surface area contributed by atoms with Crippen molar-refractivity contribution in [1.82, 2.24) is 0 Å². The molecule has 25 heavy (non-hydrogen) atoms. The first-order valence-electron chi connectivity index (χ1n) is 8.26. The van der Waals surface area contributed by atoms with Gasteiger partial charge in [0.15, 0.2) is 0 Å². The van der Waals surface area contributed by atoms with Gasteiger partial charge in [-0.05, 0) is 60.6 Å². The van der Waals surface area contributed by atoms with Crippen molar-refractivity contribution in [2.75, 3.05) is 11.8 Å². The molecule has 0 saturated heterocycles. The van der Waals surface area contributed by atoms with Gasteiger partial charge >= 0.3 is 0 Å². The van der Waals surface area contributed by atoms with E-state index in [-0.39, 0.29) is 5.41 Å². The maximum Gasteiger partial charge on any atom is 0.262 e. The summed E-state index contributed by atoms with van der Waals surface area (Å²) in [4.78, 5) is 0.314. The molecule has 0 heterocycles. The quantitative estimate of drug-likeness (QED) is 0.857. The number of rotatable bonds is 4. The zero-order chi connectivity index (χ0) is 19.0. The first-order chi connectivity index (χ1) is 11.5. The lowest BCUT2D eigenvalue weighted by atomic mass is 9.86. The van der Waals surface area contributed by atoms with Gasteiger partial charge in [0.2, 0.25) is 0 Å². The molecule has 0 bridgehead atoms. The van der Waals surface area contributed by atoms with Gasteiger partial charge in [-0.3, -0.25) is 4.72 Å². The molecule has 5 heteroatoms. The molecule has 2 aromatic carbocycles. The number of methoxy groups -OCH3 is 1. The van der Waals surface area contributed by atoms with Crippen molar-refractivity contribution in [2.24, 2.45) is 0 Å². The fraction of sp³-hybridized carbons (Fsp3) is 0.400. The molecule has 0 saturated carbocycles. The maximum absolute atomic E-state index is 13.1. The minimum Gasteiger partial charge on any atom is -0.496 e. The molecule has 0 radical (unpaired) electrons. The number of anilines is 1. The Morgan fingerprint density at radius 1 is 1.00 bits per heavy atom. The summed E-state index contributed by atoms with van der Waals surface area (Å²) in [7, 11) is -2.12. The normalized spacial score (nSPS) is 12.1. The summed E-state index contributed by atoms with van der Waals surface area (Å²) in [6, 6.07) is 9.29. The summed E-state index contributed by atoms with van der Waals surface area (Å²) in [5.74, 6) is 0.698. The Labute approximate surface area is 151 Å². The highest BCUT2D eigenvalue weighted by Crippen LogP contribution is 2.34. The number of sulfonamides is 1. The monoisotopic (exact) mass is 361 g/mol. The Morgan fingerprint density at radius 2 is 1.60 bits per heavy atom. The van der Waals surface area contributed by atoms with Gasteiger partial charge in [-0.2, -0.15) is 0 Å². The molecule has 136 valence electrons. The van der Waals surface area contributed by atoms with E-state index in [1.54, 1.807) is 26.2 Å². The predicted molar refractivity (Wildman–Crippen MR) is 103 cm³/mol. The van der Waals surface area contributed by atoms with E-state index >= 15 is 0 Å². The average Bonchev–Trinajstić information content (AvgIpc) is 2.49. The van der Waals surface area contributed by atoms with E-state index in [1.807, 2.05) is 32.0 Å². The lowest BCUT2D eigenvalue weighted by Crippen LogP contribution is -2.20. The largest absolute Gasteiger partial charge is 0.496 e. The number of nitrogens with one attached hydrogen (secondary N) is 1. The average molecular weight is 362 g/mol. The number of para-hydroxylation sites is 1. The highest BCUT2D eigenvalue weighted by atomic mass is 32.2. The van der Waals surface area contributed by atoms with Gasteiger partial charge in [0, 0.05) is 0 Å². The van der Waals surface area contributed by atoms with Crippen LogP contribution >= 0.6 is 0 Å². The molecule has 4 nitrogen and oxygen atoms in total. The Hall–Kier alpha value is -2.01. The number of hydrogen-bond acceptors (Lipinski definition) is 3. The van der Waals surface area contributed by atoms with E-state index in [9.17, 15) is 8.42 Å². The third-order valence-corrected chi connectivity index (χ3v) is 6.10. The molecule has 0 atom stereocenters. The van der Waals surface area contributed by atoms with Crippen LogP contribution in [0.2, 0.25) is 0 Å². The van der Waals surface area contributed by atoms with Crippen LogP contribution in [0, 0.1) is 20.8 Å². The molecular weight excluding hydrogens is 334 g/mol. The van der Waals surface area contributed by atoms with E-state index in [1.165, 1.54) is 0 Å². The highest BCUT2D eigenvalue weighted by molar-refractivity contribution is 7.92. The van der Waals surface area contributed by atoms with E-state index < -0.39 is 10.0 Å². The van der Waals surface area contributed by atoms with Crippen LogP contribution in [0.3, 0.4) is 0 Å². The summed E-state index contributed by atoms with van der Waals surface area (Å²) in [6.07, 6.45) is 0. The van der Waals surface area contributed by atoms with E-state index in [0.29, 0.717) is 27.5 Å². The topological polar surface area (TPSA) is 55.4 Å². The number of hydrogen-bond donors (Lipinski definition) is 1. The van der Waals surface area contributed by atoms with Gasteiger partial charge in [-0.25, -0.2) is 8.42 Å². The summed E-state index contributed by atoms with van der Waals surface area (Å²) in [6.45, 7) is 11.7. The first-order valence-corrected chi connectivity index (χ1v) is 9.74. The molecule has 1 N–H and O–H groups in total. The molecule has 0 unspecified atom stereocenters. The van der Waals surface area contributed by atoms with Gasteiger partial charge in [0.05, 0.1) is 17.7 Å². The van der Waals surface area contributed by atoms with Gasteiger partial charge in [0.1, 0.15) is 5.75 Å². The highest BCUT2D eigenvalue weighted by Gasteiger charge is 2.25. The molecule has 0 spiro atoms.